The van der Waals surface area contributed by atoms with Gasteiger partial charge in [-0.2, -0.15) is 0 Å². The summed E-state index contributed by atoms with van der Waals surface area (Å²) in [7, 11) is 4.83. The van der Waals surface area contributed by atoms with Gasteiger partial charge in [0.15, 0.2) is 0 Å². The Morgan fingerprint density at radius 2 is 1.41 bits per heavy atom. The third-order valence-electron chi connectivity index (χ3n) is 4.97. The summed E-state index contributed by atoms with van der Waals surface area (Å²) >= 11 is 0. The Hall–Kier alpha value is -3.67. The van der Waals surface area contributed by atoms with Crippen molar-refractivity contribution in [3.8, 4) is 17.2 Å². The number of amides is 1. The Labute approximate surface area is 169 Å². The van der Waals surface area contributed by atoms with Gasteiger partial charge in [-0.3, -0.25) is 9.69 Å². The van der Waals surface area contributed by atoms with Gasteiger partial charge in [0.25, 0.3) is 5.91 Å². The van der Waals surface area contributed by atoms with Crippen LogP contribution < -0.4 is 24.4 Å². The first-order valence-corrected chi connectivity index (χ1v) is 9.20. The van der Waals surface area contributed by atoms with Crippen LogP contribution in [-0.4, -0.2) is 27.2 Å². The van der Waals surface area contributed by atoms with Crippen molar-refractivity contribution in [2.75, 3.05) is 31.5 Å². The van der Waals surface area contributed by atoms with Crippen molar-refractivity contribution in [2.24, 2.45) is 0 Å². The highest BCUT2D eigenvalue weighted by Gasteiger charge is 2.34. The minimum absolute atomic E-state index is 0.0868. The lowest BCUT2D eigenvalue weighted by molar-refractivity contribution is 0.0974. The van der Waals surface area contributed by atoms with Crippen molar-refractivity contribution >= 4 is 17.3 Å². The first-order valence-electron chi connectivity index (χ1n) is 9.20. The summed E-state index contributed by atoms with van der Waals surface area (Å²) in [5.41, 5.74) is 3.01. The summed E-state index contributed by atoms with van der Waals surface area (Å²) in [6.45, 7) is 0. The Balaban J connectivity index is 1.86. The van der Waals surface area contributed by atoms with E-state index in [2.05, 4.69) is 5.32 Å². The number of carbonyl (C=O) groups is 1. The second-order valence-corrected chi connectivity index (χ2v) is 6.61. The monoisotopic (exact) mass is 390 g/mol. The molecule has 1 amide bonds. The lowest BCUT2D eigenvalue weighted by Gasteiger charge is -2.38. The highest BCUT2D eigenvalue weighted by atomic mass is 16.5. The molecular formula is C23H22N2O4. The smallest absolute Gasteiger partial charge is 0.262 e. The molecule has 1 aliphatic rings. The fraction of sp³-hybridized carbons (Fsp3) is 0.174. The Bertz CT molecular complexity index is 1010. The number of carbonyl (C=O) groups excluding carboxylic acids is 1. The SMILES string of the molecule is COc1ccc(N2C(=O)c3ccccc3NC2c2cc(OC)cc(OC)c2)cc1. The maximum Gasteiger partial charge on any atom is 0.262 e. The maximum absolute atomic E-state index is 13.5. The topological polar surface area (TPSA) is 60.0 Å². The second kappa shape index (κ2) is 7.75. The zero-order valence-electron chi connectivity index (χ0n) is 16.5. The zero-order chi connectivity index (χ0) is 20.4. The zero-order valence-corrected chi connectivity index (χ0v) is 16.5. The molecule has 0 fully saturated rings. The summed E-state index contributed by atoms with van der Waals surface area (Å²) < 4.78 is 16.1. The van der Waals surface area contributed by atoms with Gasteiger partial charge in [-0.05, 0) is 48.5 Å². The van der Waals surface area contributed by atoms with E-state index in [1.807, 2.05) is 60.7 Å². The van der Waals surface area contributed by atoms with E-state index in [-0.39, 0.29) is 5.91 Å². The van der Waals surface area contributed by atoms with E-state index in [1.165, 1.54) is 0 Å². The van der Waals surface area contributed by atoms with Crippen LogP contribution in [0, 0.1) is 0 Å². The van der Waals surface area contributed by atoms with E-state index in [0.29, 0.717) is 17.1 Å². The van der Waals surface area contributed by atoms with Crippen LogP contribution in [0.15, 0.2) is 66.7 Å². The highest BCUT2D eigenvalue weighted by molar-refractivity contribution is 6.12. The molecule has 1 heterocycles. The first kappa shape index (κ1) is 18.7. The summed E-state index contributed by atoms with van der Waals surface area (Å²) in [5, 5.41) is 3.49. The summed E-state index contributed by atoms with van der Waals surface area (Å²) in [6.07, 6.45) is -0.435. The van der Waals surface area contributed by atoms with Crippen LogP contribution in [0.2, 0.25) is 0 Å². The van der Waals surface area contributed by atoms with Gasteiger partial charge < -0.3 is 19.5 Å². The summed E-state index contributed by atoms with van der Waals surface area (Å²) in [5.74, 6) is 1.95. The van der Waals surface area contributed by atoms with Crippen molar-refractivity contribution < 1.29 is 19.0 Å². The number of methoxy groups -OCH3 is 3. The van der Waals surface area contributed by atoms with Gasteiger partial charge in [0, 0.05) is 23.0 Å². The van der Waals surface area contributed by atoms with Crippen LogP contribution >= 0.6 is 0 Å². The molecule has 0 aliphatic carbocycles. The molecule has 1 aliphatic heterocycles. The molecule has 4 rings (SSSR count). The fourth-order valence-corrected chi connectivity index (χ4v) is 3.48. The van der Waals surface area contributed by atoms with E-state index >= 15 is 0 Å². The largest absolute Gasteiger partial charge is 0.497 e. The van der Waals surface area contributed by atoms with Crippen LogP contribution in [0.5, 0.6) is 17.2 Å². The molecular weight excluding hydrogens is 368 g/mol. The van der Waals surface area contributed by atoms with Crippen LogP contribution in [0.1, 0.15) is 22.1 Å². The molecule has 0 saturated heterocycles. The number of benzene rings is 3. The van der Waals surface area contributed by atoms with Gasteiger partial charge in [-0.1, -0.05) is 12.1 Å². The van der Waals surface area contributed by atoms with Crippen LogP contribution in [0.4, 0.5) is 11.4 Å². The van der Waals surface area contributed by atoms with E-state index in [1.54, 1.807) is 32.3 Å². The second-order valence-electron chi connectivity index (χ2n) is 6.61. The average molecular weight is 390 g/mol. The molecule has 0 saturated carbocycles. The molecule has 6 nitrogen and oxygen atoms in total. The maximum atomic E-state index is 13.5. The van der Waals surface area contributed by atoms with E-state index in [4.69, 9.17) is 14.2 Å². The van der Waals surface area contributed by atoms with Crippen molar-refractivity contribution in [1.82, 2.24) is 0 Å². The minimum atomic E-state index is -0.435. The van der Waals surface area contributed by atoms with Gasteiger partial charge in [0.2, 0.25) is 0 Å². The molecule has 3 aromatic rings. The molecule has 0 bridgehead atoms. The predicted octanol–water partition coefficient (Wildman–Crippen LogP) is 4.48. The summed E-state index contributed by atoms with van der Waals surface area (Å²) in [6, 6.07) is 20.5. The van der Waals surface area contributed by atoms with Gasteiger partial charge in [-0.25, -0.2) is 0 Å². The number of ether oxygens (including phenoxy) is 3. The van der Waals surface area contributed by atoms with Crippen molar-refractivity contribution in [1.29, 1.82) is 0 Å². The Morgan fingerprint density at radius 1 is 0.793 bits per heavy atom. The van der Waals surface area contributed by atoms with E-state index in [9.17, 15) is 4.79 Å². The number of fused-ring (bicyclic) bond motifs is 1. The lowest BCUT2D eigenvalue weighted by atomic mass is 10.0. The molecule has 3 aromatic carbocycles. The first-order chi connectivity index (χ1) is 14.1. The van der Waals surface area contributed by atoms with E-state index < -0.39 is 6.17 Å². The molecule has 148 valence electrons. The van der Waals surface area contributed by atoms with Gasteiger partial charge in [0.05, 0.1) is 26.9 Å². The van der Waals surface area contributed by atoms with E-state index in [0.717, 1.165) is 22.7 Å². The number of anilines is 2. The van der Waals surface area contributed by atoms with Gasteiger partial charge in [0.1, 0.15) is 23.4 Å². The van der Waals surface area contributed by atoms with Gasteiger partial charge >= 0.3 is 0 Å². The van der Waals surface area contributed by atoms with Crippen LogP contribution in [-0.2, 0) is 0 Å². The Morgan fingerprint density at radius 3 is 2.03 bits per heavy atom. The third-order valence-corrected chi connectivity index (χ3v) is 4.97. The number of para-hydroxylation sites is 1. The molecule has 0 aromatic heterocycles. The van der Waals surface area contributed by atoms with Crippen molar-refractivity contribution in [3.05, 3.63) is 77.9 Å². The highest BCUT2D eigenvalue weighted by Crippen LogP contribution is 2.39. The molecule has 0 spiro atoms. The number of hydrogen-bond donors (Lipinski definition) is 1. The molecule has 1 unspecified atom stereocenters. The standard InChI is InChI=1S/C23H22N2O4/c1-27-17-10-8-16(9-11-17)25-22(15-12-18(28-2)14-19(13-15)29-3)24-21-7-5-4-6-20(21)23(25)26/h4-14,22,24H,1-3H3. The lowest BCUT2D eigenvalue weighted by Crippen LogP contribution is -2.43. The predicted molar refractivity (Wildman–Crippen MR) is 112 cm³/mol. The van der Waals surface area contributed by atoms with Crippen LogP contribution in [0.25, 0.3) is 0 Å². The normalized spacial score (nSPS) is 15.3. The number of rotatable bonds is 5. The quantitative estimate of drug-likeness (QED) is 0.696. The molecule has 1 atom stereocenters. The molecule has 6 heteroatoms. The Kier molecular flexibility index (Phi) is 4.99. The fourth-order valence-electron chi connectivity index (χ4n) is 3.48. The minimum Gasteiger partial charge on any atom is -0.497 e. The number of hydrogen-bond acceptors (Lipinski definition) is 5. The van der Waals surface area contributed by atoms with Gasteiger partial charge in [-0.15, -0.1) is 0 Å². The molecule has 0 radical (unpaired) electrons. The molecule has 1 N–H and O–H groups in total. The summed E-state index contributed by atoms with van der Waals surface area (Å²) in [4.78, 5) is 15.2. The van der Waals surface area contributed by atoms with Crippen molar-refractivity contribution in [3.63, 3.8) is 0 Å². The van der Waals surface area contributed by atoms with Crippen LogP contribution in [0.3, 0.4) is 0 Å². The number of nitrogens with zero attached hydrogens (tertiary/aromatic N) is 1. The number of nitrogens with one attached hydrogen (secondary N) is 1. The van der Waals surface area contributed by atoms with Crippen molar-refractivity contribution in [2.45, 2.75) is 6.17 Å². The molecule has 29 heavy (non-hydrogen) atoms. The average Bonchev–Trinajstić information content (AvgIpc) is 2.78. The third kappa shape index (κ3) is 3.45.